The Morgan fingerprint density at radius 3 is 2.37 bits per heavy atom. The van der Waals surface area contributed by atoms with E-state index in [4.69, 9.17) is 32.7 Å². The quantitative estimate of drug-likeness (QED) is 0.398. The third kappa shape index (κ3) is 7.61. The van der Waals surface area contributed by atoms with Crippen LogP contribution in [0.15, 0.2) is 36.4 Å². The summed E-state index contributed by atoms with van der Waals surface area (Å²) in [5.74, 6) is 1.27. The van der Waals surface area contributed by atoms with Gasteiger partial charge in [-0.1, -0.05) is 61.5 Å². The predicted octanol–water partition coefficient (Wildman–Crippen LogP) is 6.64. The molecular formula is C22H29Cl2NO2. The predicted molar refractivity (Wildman–Crippen MR) is 114 cm³/mol. The van der Waals surface area contributed by atoms with Gasteiger partial charge in [-0.2, -0.15) is 0 Å². The van der Waals surface area contributed by atoms with Crippen LogP contribution in [0.4, 0.5) is 0 Å². The third-order valence-corrected chi connectivity index (χ3v) is 4.73. The molecule has 5 heteroatoms. The summed E-state index contributed by atoms with van der Waals surface area (Å²) >= 11 is 12.4. The minimum atomic E-state index is 0.409. The molecule has 2 rings (SSSR count). The van der Waals surface area contributed by atoms with Gasteiger partial charge < -0.3 is 14.8 Å². The molecule has 0 fully saturated rings. The van der Waals surface area contributed by atoms with Gasteiger partial charge in [-0.15, -0.1) is 0 Å². The molecule has 0 aliphatic carbocycles. The molecule has 2 aromatic carbocycles. The van der Waals surface area contributed by atoms with E-state index in [1.54, 1.807) is 0 Å². The molecule has 0 radical (unpaired) electrons. The summed E-state index contributed by atoms with van der Waals surface area (Å²) in [5.41, 5.74) is 2.12. The van der Waals surface area contributed by atoms with Crippen LogP contribution < -0.4 is 14.8 Å². The van der Waals surface area contributed by atoms with Crippen molar-refractivity contribution in [1.82, 2.24) is 5.32 Å². The van der Waals surface area contributed by atoms with Gasteiger partial charge >= 0.3 is 0 Å². The SMILES string of the molecule is CCCCCCNCc1cc(Cl)c(OCc2ccc(Cl)cc2)c(OCC)c1. The third-order valence-electron chi connectivity index (χ3n) is 4.20. The average Bonchev–Trinajstić information content (AvgIpc) is 2.65. The molecule has 0 unspecified atom stereocenters. The van der Waals surface area contributed by atoms with E-state index in [9.17, 15) is 0 Å². The van der Waals surface area contributed by atoms with Crippen LogP contribution in [0.5, 0.6) is 11.5 Å². The van der Waals surface area contributed by atoms with Crippen molar-refractivity contribution in [1.29, 1.82) is 0 Å². The van der Waals surface area contributed by atoms with Crippen molar-refractivity contribution >= 4 is 23.2 Å². The Balaban J connectivity index is 1.98. The molecule has 2 aromatic rings. The van der Waals surface area contributed by atoms with E-state index in [0.29, 0.717) is 34.8 Å². The molecule has 0 heterocycles. The van der Waals surface area contributed by atoms with Crippen LogP contribution in [0.2, 0.25) is 10.0 Å². The van der Waals surface area contributed by atoms with Crippen LogP contribution in [-0.2, 0) is 13.2 Å². The van der Waals surface area contributed by atoms with Crippen molar-refractivity contribution in [2.45, 2.75) is 52.7 Å². The van der Waals surface area contributed by atoms with Crippen LogP contribution in [0.25, 0.3) is 0 Å². The molecule has 3 nitrogen and oxygen atoms in total. The molecule has 1 N–H and O–H groups in total. The summed E-state index contributed by atoms with van der Waals surface area (Å²) in [5, 5.41) is 4.75. The minimum absolute atomic E-state index is 0.409. The molecule has 0 amide bonds. The largest absolute Gasteiger partial charge is 0.490 e. The van der Waals surface area contributed by atoms with Gasteiger partial charge in [0.1, 0.15) is 6.61 Å². The zero-order chi connectivity index (χ0) is 19.5. The molecule has 0 spiro atoms. The van der Waals surface area contributed by atoms with Crippen molar-refractivity contribution in [2.24, 2.45) is 0 Å². The molecule has 0 aliphatic heterocycles. The highest BCUT2D eigenvalue weighted by Gasteiger charge is 2.13. The zero-order valence-corrected chi connectivity index (χ0v) is 17.7. The first kappa shape index (κ1) is 21.9. The Morgan fingerprint density at radius 2 is 1.67 bits per heavy atom. The fraction of sp³-hybridized carbons (Fsp3) is 0.455. The standard InChI is InChI=1S/C22H29Cl2NO2/c1-3-5-6-7-12-25-15-18-13-20(24)22(21(14-18)26-4-2)27-16-17-8-10-19(23)11-9-17/h8-11,13-14,25H,3-7,12,15-16H2,1-2H3. The highest BCUT2D eigenvalue weighted by molar-refractivity contribution is 6.32. The number of rotatable bonds is 12. The second kappa shape index (κ2) is 12.1. The summed E-state index contributed by atoms with van der Waals surface area (Å²) in [7, 11) is 0. The van der Waals surface area contributed by atoms with E-state index in [-0.39, 0.29) is 0 Å². The lowest BCUT2D eigenvalue weighted by atomic mass is 10.1. The Bertz CT molecular complexity index is 689. The van der Waals surface area contributed by atoms with Crippen LogP contribution in [-0.4, -0.2) is 13.2 Å². The number of ether oxygens (including phenoxy) is 2. The highest BCUT2D eigenvalue weighted by Crippen LogP contribution is 2.37. The molecule has 0 atom stereocenters. The maximum atomic E-state index is 6.49. The second-order valence-corrected chi connectivity index (χ2v) is 7.33. The average molecular weight is 410 g/mol. The van der Waals surface area contributed by atoms with Crippen LogP contribution in [0.3, 0.4) is 0 Å². The Kier molecular flexibility index (Phi) is 9.82. The first-order valence-electron chi connectivity index (χ1n) is 9.67. The van der Waals surface area contributed by atoms with E-state index in [1.807, 2.05) is 43.3 Å². The van der Waals surface area contributed by atoms with Crippen molar-refractivity contribution in [3.8, 4) is 11.5 Å². The number of hydrogen-bond donors (Lipinski definition) is 1. The van der Waals surface area contributed by atoms with E-state index in [2.05, 4.69) is 12.2 Å². The van der Waals surface area contributed by atoms with Crippen LogP contribution >= 0.6 is 23.2 Å². The fourth-order valence-corrected chi connectivity index (χ4v) is 3.19. The lowest BCUT2D eigenvalue weighted by Crippen LogP contribution is -2.15. The van der Waals surface area contributed by atoms with Gasteiger partial charge in [0.05, 0.1) is 11.6 Å². The van der Waals surface area contributed by atoms with E-state index >= 15 is 0 Å². The molecule has 0 saturated carbocycles. The molecule has 0 aromatic heterocycles. The maximum Gasteiger partial charge on any atom is 0.180 e. The fourth-order valence-electron chi connectivity index (χ4n) is 2.77. The Labute approximate surface area is 173 Å². The summed E-state index contributed by atoms with van der Waals surface area (Å²) < 4.78 is 11.7. The monoisotopic (exact) mass is 409 g/mol. The van der Waals surface area contributed by atoms with E-state index in [1.165, 1.54) is 25.7 Å². The number of benzene rings is 2. The smallest absolute Gasteiger partial charge is 0.180 e. The molecule has 27 heavy (non-hydrogen) atoms. The van der Waals surface area contributed by atoms with Crippen molar-refractivity contribution < 1.29 is 9.47 Å². The summed E-state index contributed by atoms with van der Waals surface area (Å²) in [6.45, 7) is 6.92. The molecular weight excluding hydrogens is 381 g/mol. The highest BCUT2D eigenvalue weighted by atomic mass is 35.5. The van der Waals surface area contributed by atoms with Crippen molar-refractivity contribution in [3.05, 3.63) is 57.6 Å². The maximum absolute atomic E-state index is 6.49. The van der Waals surface area contributed by atoms with Gasteiger partial charge in [-0.25, -0.2) is 0 Å². The zero-order valence-electron chi connectivity index (χ0n) is 16.2. The number of unbranched alkanes of at least 4 members (excludes halogenated alkanes) is 3. The summed E-state index contributed by atoms with van der Waals surface area (Å²) in [6.07, 6.45) is 5.01. The number of hydrogen-bond acceptors (Lipinski definition) is 3. The van der Waals surface area contributed by atoms with E-state index in [0.717, 1.165) is 24.2 Å². The summed E-state index contributed by atoms with van der Waals surface area (Å²) in [4.78, 5) is 0. The first-order valence-corrected chi connectivity index (χ1v) is 10.4. The van der Waals surface area contributed by atoms with Crippen molar-refractivity contribution in [3.63, 3.8) is 0 Å². The first-order chi connectivity index (χ1) is 13.1. The second-order valence-electron chi connectivity index (χ2n) is 6.49. The van der Waals surface area contributed by atoms with Crippen LogP contribution in [0.1, 0.15) is 50.7 Å². The molecule has 0 bridgehead atoms. The van der Waals surface area contributed by atoms with Gasteiger partial charge in [-0.3, -0.25) is 0 Å². The summed E-state index contributed by atoms with van der Waals surface area (Å²) in [6, 6.07) is 11.5. The molecule has 0 aliphatic rings. The van der Waals surface area contributed by atoms with Gasteiger partial charge in [0.15, 0.2) is 11.5 Å². The topological polar surface area (TPSA) is 30.5 Å². The number of nitrogens with one attached hydrogen (secondary N) is 1. The van der Waals surface area contributed by atoms with E-state index < -0.39 is 0 Å². The lowest BCUT2D eigenvalue weighted by molar-refractivity contribution is 0.269. The van der Waals surface area contributed by atoms with Crippen LogP contribution in [0, 0.1) is 0 Å². The Morgan fingerprint density at radius 1 is 0.889 bits per heavy atom. The van der Waals surface area contributed by atoms with Gasteiger partial charge in [-0.05, 0) is 55.3 Å². The van der Waals surface area contributed by atoms with Gasteiger partial charge in [0.25, 0.3) is 0 Å². The Hall–Kier alpha value is -1.42. The number of halogens is 2. The van der Waals surface area contributed by atoms with Crippen molar-refractivity contribution in [2.75, 3.05) is 13.2 Å². The normalized spacial score (nSPS) is 10.8. The molecule has 148 valence electrons. The lowest BCUT2D eigenvalue weighted by Gasteiger charge is -2.16. The van der Waals surface area contributed by atoms with Gasteiger partial charge in [0.2, 0.25) is 0 Å². The molecule has 0 saturated heterocycles. The minimum Gasteiger partial charge on any atom is -0.490 e. The van der Waals surface area contributed by atoms with Gasteiger partial charge in [0, 0.05) is 11.6 Å².